The topological polar surface area (TPSA) is 80.5 Å². The Balaban J connectivity index is 1.64. The van der Waals surface area contributed by atoms with Gasteiger partial charge >= 0.3 is 0 Å². The van der Waals surface area contributed by atoms with Gasteiger partial charge in [-0.3, -0.25) is 4.79 Å². The Morgan fingerprint density at radius 3 is 2.63 bits per heavy atom. The van der Waals surface area contributed by atoms with Crippen LogP contribution in [-0.2, 0) is 22.8 Å². The fraction of sp³-hybridized carbons (Fsp3) is 0.364. The highest BCUT2D eigenvalue weighted by atomic mass is 32.2. The molecular weight excluding hydrogens is 420 g/mol. The second-order valence-corrected chi connectivity index (χ2v) is 10.8. The number of carbonyl (C=O) groups is 1. The lowest BCUT2D eigenvalue weighted by Crippen LogP contribution is -2.40. The standard InChI is InChI=1S/C22H24N2O4S2/c1-3-16-6-8-17(9-7-16)21-23-15(2)20(29-21)22(25)24(13-19-5-4-11-28-19)18-10-12-30(26,27)14-18/h4-9,11,18H,3,10,12-14H2,1-2H3/t18-/m1/s1. The monoisotopic (exact) mass is 444 g/mol. The predicted molar refractivity (Wildman–Crippen MR) is 117 cm³/mol. The first kappa shape index (κ1) is 20.8. The molecule has 1 aliphatic rings. The summed E-state index contributed by atoms with van der Waals surface area (Å²) in [4.78, 5) is 20.3. The number of furan rings is 1. The number of amides is 1. The summed E-state index contributed by atoms with van der Waals surface area (Å²) in [6.07, 6.45) is 2.96. The average Bonchev–Trinajstić information content (AvgIpc) is 3.46. The van der Waals surface area contributed by atoms with Gasteiger partial charge in [-0.05, 0) is 37.5 Å². The second-order valence-electron chi connectivity index (χ2n) is 7.55. The molecule has 1 aliphatic heterocycles. The smallest absolute Gasteiger partial charge is 0.266 e. The van der Waals surface area contributed by atoms with Crippen LogP contribution in [0.25, 0.3) is 10.6 Å². The number of aromatic nitrogens is 1. The van der Waals surface area contributed by atoms with E-state index in [2.05, 4.69) is 24.0 Å². The molecule has 3 aromatic rings. The molecule has 158 valence electrons. The minimum atomic E-state index is -3.13. The second kappa shape index (κ2) is 8.35. The number of nitrogens with zero attached hydrogens (tertiary/aromatic N) is 2. The summed E-state index contributed by atoms with van der Waals surface area (Å²) in [7, 11) is -3.13. The van der Waals surface area contributed by atoms with Gasteiger partial charge in [-0.1, -0.05) is 31.2 Å². The number of carbonyl (C=O) groups excluding carboxylic acids is 1. The van der Waals surface area contributed by atoms with E-state index in [1.807, 2.05) is 19.1 Å². The van der Waals surface area contributed by atoms with Gasteiger partial charge in [-0.25, -0.2) is 13.4 Å². The van der Waals surface area contributed by atoms with Crippen LogP contribution in [0, 0.1) is 6.92 Å². The summed E-state index contributed by atoms with van der Waals surface area (Å²) in [5.41, 5.74) is 2.88. The fourth-order valence-electron chi connectivity index (χ4n) is 3.69. The molecule has 6 nitrogen and oxygen atoms in total. The van der Waals surface area contributed by atoms with Crippen molar-refractivity contribution in [1.82, 2.24) is 9.88 Å². The van der Waals surface area contributed by atoms with Crippen molar-refractivity contribution in [3.8, 4) is 10.6 Å². The Labute approximate surface area is 180 Å². The molecule has 1 aromatic carbocycles. The van der Waals surface area contributed by atoms with Crippen LogP contribution in [0.2, 0.25) is 0 Å². The van der Waals surface area contributed by atoms with Gasteiger partial charge in [0.15, 0.2) is 9.84 Å². The van der Waals surface area contributed by atoms with Gasteiger partial charge in [0.2, 0.25) is 0 Å². The van der Waals surface area contributed by atoms with E-state index in [-0.39, 0.29) is 30.0 Å². The van der Waals surface area contributed by atoms with Crippen LogP contribution >= 0.6 is 11.3 Å². The van der Waals surface area contributed by atoms with E-state index in [0.29, 0.717) is 22.8 Å². The molecule has 1 atom stereocenters. The molecule has 0 aliphatic carbocycles. The Kier molecular flexibility index (Phi) is 5.79. The van der Waals surface area contributed by atoms with Gasteiger partial charge in [0, 0.05) is 11.6 Å². The van der Waals surface area contributed by atoms with Crippen LogP contribution < -0.4 is 0 Å². The van der Waals surface area contributed by atoms with Gasteiger partial charge in [0.25, 0.3) is 5.91 Å². The van der Waals surface area contributed by atoms with Gasteiger partial charge in [-0.2, -0.15) is 0 Å². The zero-order valence-corrected chi connectivity index (χ0v) is 18.6. The molecule has 0 spiro atoms. The van der Waals surface area contributed by atoms with Crippen molar-refractivity contribution in [3.63, 3.8) is 0 Å². The summed E-state index contributed by atoms with van der Waals surface area (Å²) in [5.74, 6) is 0.531. The first-order valence-electron chi connectivity index (χ1n) is 9.97. The van der Waals surface area contributed by atoms with Gasteiger partial charge < -0.3 is 9.32 Å². The van der Waals surface area contributed by atoms with Crippen LogP contribution in [0.5, 0.6) is 0 Å². The van der Waals surface area contributed by atoms with Crippen LogP contribution in [0.15, 0.2) is 47.1 Å². The van der Waals surface area contributed by atoms with Gasteiger partial charge in [0.05, 0.1) is 30.0 Å². The molecule has 0 saturated carbocycles. The Hall–Kier alpha value is -2.45. The lowest BCUT2D eigenvalue weighted by molar-refractivity contribution is 0.0670. The average molecular weight is 445 g/mol. The van der Waals surface area contributed by atoms with E-state index in [9.17, 15) is 13.2 Å². The van der Waals surface area contributed by atoms with Crippen molar-refractivity contribution >= 4 is 27.1 Å². The van der Waals surface area contributed by atoms with Crippen LogP contribution in [-0.4, -0.2) is 41.8 Å². The summed E-state index contributed by atoms with van der Waals surface area (Å²) < 4.78 is 29.5. The van der Waals surface area contributed by atoms with E-state index >= 15 is 0 Å². The third-order valence-electron chi connectivity index (χ3n) is 5.42. The van der Waals surface area contributed by atoms with Crippen molar-refractivity contribution < 1.29 is 17.6 Å². The van der Waals surface area contributed by atoms with E-state index in [1.54, 1.807) is 23.3 Å². The molecule has 4 rings (SSSR count). The van der Waals surface area contributed by atoms with E-state index < -0.39 is 9.84 Å². The fourth-order valence-corrected chi connectivity index (χ4v) is 6.45. The van der Waals surface area contributed by atoms with Crippen LogP contribution in [0.3, 0.4) is 0 Å². The van der Waals surface area contributed by atoms with Gasteiger partial charge in [-0.15, -0.1) is 11.3 Å². The summed E-state index contributed by atoms with van der Waals surface area (Å²) in [6, 6.07) is 11.4. The highest BCUT2D eigenvalue weighted by Crippen LogP contribution is 2.31. The zero-order valence-electron chi connectivity index (χ0n) is 17.0. The minimum Gasteiger partial charge on any atom is -0.467 e. The molecule has 30 heavy (non-hydrogen) atoms. The van der Waals surface area contributed by atoms with Crippen molar-refractivity contribution in [2.45, 2.75) is 39.3 Å². The maximum atomic E-state index is 13.5. The molecular formula is C22H24N2O4S2. The molecule has 0 N–H and O–H groups in total. The molecule has 1 amide bonds. The predicted octanol–water partition coefficient (Wildman–Crippen LogP) is 4.10. The Morgan fingerprint density at radius 2 is 2.03 bits per heavy atom. The Morgan fingerprint density at radius 1 is 1.27 bits per heavy atom. The first-order chi connectivity index (χ1) is 14.4. The van der Waals surface area contributed by atoms with Crippen molar-refractivity contribution in [2.75, 3.05) is 11.5 Å². The van der Waals surface area contributed by atoms with Crippen molar-refractivity contribution in [3.05, 3.63) is 64.6 Å². The number of thiazole rings is 1. The van der Waals surface area contributed by atoms with Crippen molar-refractivity contribution in [2.24, 2.45) is 0 Å². The largest absolute Gasteiger partial charge is 0.467 e. The number of aryl methyl sites for hydroxylation is 2. The van der Waals surface area contributed by atoms with E-state index in [4.69, 9.17) is 4.42 Å². The molecule has 0 unspecified atom stereocenters. The van der Waals surface area contributed by atoms with Crippen LogP contribution in [0.4, 0.5) is 0 Å². The summed E-state index contributed by atoms with van der Waals surface area (Å²) in [6.45, 7) is 4.17. The normalized spacial score (nSPS) is 17.9. The van der Waals surface area contributed by atoms with Crippen LogP contribution in [0.1, 0.15) is 40.0 Å². The highest BCUT2D eigenvalue weighted by molar-refractivity contribution is 7.91. The molecule has 1 saturated heterocycles. The third kappa shape index (κ3) is 4.34. The third-order valence-corrected chi connectivity index (χ3v) is 8.36. The van der Waals surface area contributed by atoms with E-state index in [0.717, 1.165) is 17.0 Å². The molecule has 8 heteroatoms. The number of sulfone groups is 1. The number of hydrogen-bond donors (Lipinski definition) is 0. The quantitative estimate of drug-likeness (QED) is 0.572. The lowest BCUT2D eigenvalue weighted by atomic mass is 10.1. The summed E-state index contributed by atoms with van der Waals surface area (Å²) in [5, 5.41) is 0.787. The molecule has 2 aromatic heterocycles. The number of hydrogen-bond acceptors (Lipinski definition) is 6. The molecule has 0 radical (unpaired) electrons. The first-order valence-corrected chi connectivity index (χ1v) is 12.6. The maximum Gasteiger partial charge on any atom is 0.266 e. The maximum absolute atomic E-state index is 13.5. The lowest BCUT2D eigenvalue weighted by Gasteiger charge is -2.27. The molecule has 3 heterocycles. The molecule has 0 bridgehead atoms. The number of benzene rings is 1. The van der Waals surface area contributed by atoms with E-state index in [1.165, 1.54) is 16.9 Å². The SMILES string of the molecule is CCc1ccc(-c2nc(C)c(C(=O)N(Cc3ccco3)[C@@H]3CCS(=O)(=O)C3)s2)cc1. The van der Waals surface area contributed by atoms with Crippen molar-refractivity contribution in [1.29, 1.82) is 0 Å². The Bertz CT molecular complexity index is 1130. The number of rotatable bonds is 6. The highest BCUT2D eigenvalue weighted by Gasteiger charge is 2.36. The molecule has 1 fully saturated rings. The van der Waals surface area contributed by atoms with Gasteiger partial charge in [0.1, 0.15) is 15.6 Å². The zero-order chi connectivity index (χ0) is 21.3. The minimum absolute atomic E-state index is 0.0113. The summed E-state index contributed by atoms with van der Waals surface area (Å²) >= 11 is 1.35.